The molecule has 0 radical (unpaired) electrons. The molecule has 1 heterocycles. The van der Waals surface area contributed by atoms with Crippen molar-refractivity contribution >= 4 is 21.7 Å². The van der Waals surface area contributed by atoms with Crippen LogP contribution in [0.1, 0.15) is 32.6 Å². The SMILES string of the molecule is CCCCNS(=O)(=O)c1cccc(NC(=O)N2CCCCO2)c1. The number of benzene rings is 1. The average molecular weight is 341 g/mol. The van der Waals surface area contributed by atoms with Crippen LogP contribution in [0.2, 0.25) is 0 Å². The van der Waals surface area contributed by atoms with E-state index in [4.69, 9.17) is 4.84 Å². The fourth-order valence-electron chi connectivity index (χ4n) is 2.15. The normalized spacial score (nSPS) is 15.4. The first-order valence-corrected chi connectivity index (χ1v) is 9.32. The maximum atomic E-state index is 12.2. The molecule has 0 saturated carbocycles. The molecule has 0 bridgehead atoms. The first kappa shape index (κ1) is 17.7. The van der Waals surface area contributed by atoms with Gasteiger partial charge in [-0.2, -0.15) is 0 Å². The lowest BCUT2D eigenvalue weighted by molar-refractivity contribution is -0.135. The molecule has 23 heavy (non-hydrogen) atoms. The number of nitrogens with one attached hydrogen (secondary N) is 2. The molecule has 7 nitrogen and oxygen atoms in total. The summed E-state index contributed by atoms with van der Waals surface area (Å²) in [6, 6.07) is 5.80. The highest BCUT2D eigenvalue weighted by molar-refractivity contribution is 7.89. The van der Waals surface area contributed by atoms with Crippen molar-refractivity contribution in [1.82, 2.24) is 9.79 Å². The number of hydrogen-bond acceptors (Lipinski definition) is 4. The van der Waals surface area contributed by atoms with Gasteiger partial charge in [-0.05, 0) is 37.5 Å². The van der Waals surface area contributed by atoms with Crippen molar-refractivity contribution < 1.29 is 18.0 Å². The lowest BCUT2D eigenvalue weighted by Crippen LogP contribution is -2.38. The van der Waals surface area contributed by atoms with Crippen molar-refractivity contribution in [2.45, 2.75) is 37.5 Å². The van der Waals surface area contributed by atoms with Gasteiger partial charge in [0.2, 0.25) is 10.0 Å². The Morgan fingerprint density at radius 3 is 2.87 bits per heavy atom. The summed E-state index contributed by atoms with van der Waals surface area (Å²) in [5.41, 5.74) is 0.419. The zero-order valence-electron chi connectivity index (χ0n) is 13.2. The van der Waals surface area contributed by atoms with Gasteiger partial charge in [0.05, 0.1) is 18.0 Å². The minimum atomic E-state index is -3.56. The molecular formula is C15H23N3O4S. The Balaban J connectivity index is 2.02. The van der Waals surface area contributed by atoms with Gasteiger partial charge in [0.25, 0.3) is 0 Å². The molecule has 0 aliphatic carbocycles. The van der Waals surface area contributed by atoms with Gasteiger partial charge < -0.3 is 5.32 Å². The first-order chi connectivity index (χ1) is 11.0. The summed E-state index contributed by atoms with van der Waals surface area (Å²) in [6.45, 7) is 3.44. The van der Waals surface area contributed by atoms with E-state index in [0.29, 0.717) is 25.4 Å². The number of carbonyl (C=O) groups excluding carboxylic acids is 1. The molecule has 128 valence electrons. The van der Waals surface area contributed by atoms with Crippen LogP contribution in [0.3, 0.4) is 0 Å². The number of amides is 2. The Kier molecular flexibility index (Phi) is 6.37. The quantitative estimate of drug-likeness (QED) is 0.777. The van der Waals surface area contributed by atoms with E-state index in [2.05, 4.69) is 10.0 Å². The molecule has 1 aliphatic rings. The molecule has 2 N–H and O–H groups in total. The number of anilines is 1. The average Bonchev–Trinajstić information content (AvgIpc) is 2.56. The molecule has 1 aliphatic heterocycles. The molecule has 1 saturated heterocycles. The van der Waals surface area contributed by atoms with Crippen LogP contribution in [0.5, 0.6) is 0 Å². The van der Waals surface area contributed by atoms with Crippen LogP contribution in [0.25, 0.3) is 0 Å². The number of hydrogen-bond donors (Lipinski definition) is 2. The number of sulfonamides is 1. The summed E-state index contributed by atoms with van der Waals surface area (Å²) in [5.74, 6) is 0. The van der Waals surface area contributed by atoms with Crippen LogP contribution in [-0.2, 0) is 14.9 Å². The number of hydroxylamine groups is 2. The monoisotopic (exact) mass is 341 g/mol. The van der Waals surface area contributed by atoms with Gasteiger partial charge in [0, 0.05) is 12.2 Å². The van der Waals surface area contributed by atoms with Crippen molar-refractivity contribution in [3.05, 3.63) is 24.3 Å². The summed E-state index contributed by atoms with van der Waals surface area (Å²) in [6.07, 6.45) is 3.51. The van der Waals surface area contributed by atoms with Crippen molar-refractivity contribution in [1.29, 1.82) is 0 Å². The van der Waals surface area contributed by atoms with Gasteiger partial charge in [-0.25, -0.2) is 23.0 Å². The number of nitrogens with zero attached hydrogens (tertiary/aromatic N) is 1. The molecule has 0 spiro atoms. The van der Waals surface area contributed by atoms with E-state index in [1.165, 1.54) is 17.2 Å². The molecule has 2 rings (SSSR count). The summed E-state index contributed by atoms with van der Waals surface area (Å²) >= 11 is 0. The van der Waals surface area contributed by atoms with Crippen LogP contribution < -0.4 is 10.0 Å². The van der Waals surface area contributed by atoms with Crippen molar-refractivity contribution in [2.75, 3.05) is 25.0 Å². The van der Waals surface area contributed by atoms with Crippen LogP contribution in [0.4, 0.5) is 10.5 Å². The smallest absolute Gasteiger partial charge is 0.306 e. The largest absolute Gasteiger partial charge is 0.345 e. The zero-order chi connectivity index (χ0) is 16.7. The fraction of sp³-hybridized carbons (Fsp3) is 0.533. The third-order valence-electron chi connectivity index (χ3n) is 3.45. The predicted octanol–water partition coefficient (Wildman–Crippen LogP) is 2.32. The van der Waals surface area contributed by atoms with Crippen molar-refractivity contribution in [2.24, 2.45) is 0 Å². The molecule has 0 unspecified atom stereocenters. The van der Waals surface area contributed by atoms with Crippen LogP contribution in [0, 0.1) is 0 Å². The maximum absolute atomic E-state index is 12.2. The highest BCUT2D eigenvalue weighted by Crippen LogP contribution is 2.17. The summed E-state index contributed by atoms with van der Waals surface area (Å²) in [7, 11) is -3.56. The molecule has 0 aromatic heterocycles. The van der Waals surface area contributed by atoms with Gasteiger partial charge in [-0.15, -0.1) is 0 Å². The second-order valence-corrected chi connectivity index (χ2v) is 7.12. The van der Waals surface area contributed by atoms with Crippen LogP contribution >= 0.6 is 0 Å². The van der Waals surface area contributed by atoms with Crippen LogP contribution in [-0.4, -0.2) is 39.2 Å². The lowest BCUT2D eigenvalue weighted by atomic mass is 10.3. The number of rotatable bonds is 6. The van der Waals surface area contributed by atoms with E-state index in [1.54, 1.807) is 12.1 Å². The Bertz CT molecular complexity index is 627. The van der Waals surface area contributed by atoms with Crippen molar-refractivity contribution in [3.63, 3.8) is 0 Å². The van der Waals surface area contributed by atoms with Gasteiger partial charge in [-0.1, -0.05) is 19.4 Å². The summed E-state index contributed by atoms with van der Waals surface area (Å²) in [4.78, 5) is 17.5. The Morgan fingerprint density at radius 2 is 2.17 bits per heavy atom. The molecular weight excluding hydrogens is 318 g/mol. The molecule has 1 aromatic rings. The van der Waals surface area contributed by atoms with Crippen molar-refractivity contribution in [3.8, 4) is 0 Å². The van der Waals surface area contributed by atoms with E-state index in [9.17, 15) is 13.2 Å². The zero-order valence-corrected chi connectivity index (χ0v) is 14.1. The summed E-state index contributed by atoms with van der Waals surface area (Å²) < 4.78 is 26.9. The molecule has 1 fully saturated rings. The van der Waals surface area contributed by atoms with E-state index in [-0.39, 0.29) is 4.90 Å². The Labute approximate surface area is 137 Å². The minimum Gasteiger partial charge on any atom is -0.306 e. The van der Waals surface area contributed by atoms with E-state index >= 15 is 0 Å². The number of urea groups is 1. The highest BCUT2D eigenvalue weighted by Gasteiger charge is 2.19. The third-order valence-corrected chi connectivity index (χ3v) is 4.91. The minimum absolute atomic E-state index is 0.131. The molecule has 8 heteroatoms. The fourth-order valence-corrected chi connectivity index (χ4v) is 3.27. The van der Waals surface area contributed by atoms with Gasteiger partial charge in [0.1, 0.15) is 0 Å². The molecule has 0 atom stereocenters. The van der Waals surface area contributed by atoms with Gasteiger partial charge >= 0.3 is 6.03 Å². The predicted molar refractivity (Wildman–Crippen MR) is 87.4 cm³/mol. The third kappa shape index (κ3) is 5.19. The Hall–Kier alpha value is -1.64. The number of unbranched alkanes of at least 4 members (excludes halogenated alkanes) is 1. The second kappa shape index (κ2) is 8.28. The lowest BCUT2D eigenvalue weighted by Gasteiger charge is -2.25. The highest BCUT2D eigenvalue weighted by atomic mass is 32.2. The van der Waals surface area contributed by atoms with E-state index in [1.807, 2.05) is 6.92 Å². The maximum Gasteiger partial charge on any atom is 0.345 e. The topological polar surface area (TPSA) is 87.7 Å². The first-order valence-electron chi connectivity index (χ1n) is 7.84. The van der Waals surface area contributed by atoms with Gasteiger partial charge in [0.15, 0.2) is 0 Å². The van der Waals surface area contributed by atoms with E-state index < -0.39 is 16.1 Å². The van der Waals surface area contributed by atoms with Gasteiger partial charge in [-0.3, -0.25) is 4.84 Å². The molecule has 1 aromatic carbocycles. The van der Waals surface area contributed by atoms with Crippen LogP contribution in [0.15, 0.2) is 29.2 Å². The molecule has 2 amide bonds. The van der Waals surface area contributed by atoms with E-state index in [0.717, 1.165) is 25.7 Å². The standard InChI is InChI=1S/C15H23N3O4S/c1-2-3-9-16-23(20,21)14-8-6-7-13(12-14)17-15(19)18-10-4-5-11-22-18/h6-8,12,16H,2-5,9-11H2,1H3,(H,17,19). The Morgan fingerprint density at radius 1 is 1.35 bits per heavy atom. The summed E-state index contributed by atoms with van der Waals surface area (Å²) in [5, 5.41) is 3.93. The second-order valence-electron chi connectivity index (χ2n) is 5.35. The number of carbonyl (C=O) groups is 1.